The molecule has 0 aliphatic rings. The van der Waals surface area contributed by atoms with Gasteiger partial charge in [0.15, 0.2) is 0 Å². The summed E-state index contributed by atoms with van der Waals surface area (Å²) < 4.78 is 5.79. The lowest BCUT2D eigenvalue weighted by Crippen LogP contribution is -2.12. The van der Waals surface area contributed by atoms with Crippen molar-refractivity contribution in [2.75, 3.05) is 11.9 Å². The number of aromatic nitrogens is 1. The van der Waals surface area contributed by atoms with Gasteiger partial charge in [-0.15, -0.1) is 11.3 Å². The number of nitrogens with zero attached hydrogens (tertiary/aromatic N) is 1. The SMILES string of the molecule is Cc1cc(OCCCC(=O)Nc2ccc(-c3nc(-c4ccccc4)sc3C)cc2)cc(C)c1Cl. The number of hydrogen-bond acceptors (Lipinski definition) is 4. The summed E-state index contributed by atoms with van der Waals surface area (Å²) in [4.78, 5) is 18.4. The van der Waals surface area contributed by atoms with Gasteiger partial charge in [0.05, 0.1) is 12.3 Å². The number of benzene rings is 3. The molecule has 0 spiro atoms. The van der Waals surface area contributed by atoms with Gasteiger partial charge in [-0.1, -0.05) is 54.1 Å². The van der Waals surface area contributed by atoms with E-state index in [0.717, 1.165) is 49.4 Å². The van der Waals surface area contributed by atoms with Crippen LogP contribution >= 0.6 is 22.9 Å². The summed E-state index contributed by atoms with van der Waals surface area (Å²) in [5.41, 5.74) is 5.89. The maximum Gasteiger partial charge on any atom is 0.224 e. The van der Waals surface area contributed by atoms with Crippen molar-refractivity contribution in [3.8, 4) is 27.6 Å². The van der Waals surface area contributed by atoms with Gasteiger partial charge >= 0.3 is 0 Å². The van der Waals surface area contributed by atoms with Crippen molar-refractivity contribution in [1.29, 1.82) is 0 Å². The topological polar surface area (TPSA) is 51.2 Å². The van der Waals surface area contributed by atoms with Crippen LogP contribution in [0.3, 0.4) is 0 Å². The predicted molar refractivity (Wildman–Crippen MR) is 142 cm³/mol. The van der Waals surface area contributed by atoms with E-state index in [1.807, 2.05) is 68.4 Å². The third-order valence-electron chi connectivity index (χ3n) is 5.49. The summed E-state index contributed by atoms with van der Waals surface area (Å²) in [6.07, 6.45) is 1.02. The van der Waals surface area contributed by atoms with Crippen LogP contribution < -0.4 is 10.1 Å². The van der Waals surface area contributed by atoms with Crippen LogP contribution in [0.15, 0.2) is 66.7 Å². The normalized spacial score (nSPS) is 10.8. The Balaban J connectivity index is 1.29. The third-order valence-corrected chi connectivity index (χ3v) is 7.10. The molecule has 0 aliphatic carbocycles. The number of amides is 1. The van der Waals surface area contributed by atoms with Crippen molar-refractivity contribution in [3.63, 3.8) is 0 Å². The maximum absolute atomic E-state index is 12.4. The summed E-state index contributed by atoms with van der Waals surface area (Å²) in [6.45, 7) is 6.47. The van der Waals surface area contributed by atoms with Crippen molar-refractivity contribution in [1.82, 2.24) is 4.98 Å². The van der Waals surface area contributed by atoms with Gasteiger partial charge < -0.3 is 10.1 Å². The number of halogens is 1. The van der Waals surface area contributed by atoms with Crippen LogP contribution in [0.1, 0.15) is 28.8 Å². The third kappa shape index (κ3) is 5.85. The number of rotatable bonds is 8. The number of aryl methyl sites for hydroxylation is 3. The zero-order valence-electron chi connectivity index (χ0n) is 19.5. The number of thiazole rings is 1. The molecule has 0 unspecified atom stereocenters. The first kappa shape index (κ1) is 24.0. The lowest BCUT2D eigenvalue weighted by molar-refractivity contribution is -0.116. The van der Waals surface area contributed by atoms with E-state index in [9.17, 15) is 4.79 Å². The minimum absolute atomic E-state index is 0.0315. The van der Waals surface area contributed by atoms with Crippen LogP contribution in [0.2, 0.25) is 5.02 Å². The molecule has 0 saturated heterocycles. The van der Waals surface area contributed by atoms with Crippen molar-refractivity contribution < 1.29 is 9.53 Å². The van der Waals surface area contributed by atoms with Gasteiger partial charge in [0.1, 0.15) is 10.8 Å². The molecule has 0 atom stereocenters. The Morgan fingerprint density at radius 1 is 0.971 bits per heavy atom. The van der Waals surface area contributed by atoms with Crippen LogP contribution in [0.25, 0.3) is 21.8 Å². The Morgan fingerprint density at radius 3 is 2.32 bits per heavy atom. The Kier molecular flexibility index (Phi) is 7.66. The van der Waals surface area contributed by atoms with Gasteiger partial charge in [-0.25, -0.2) is 4.98 Å². The van der Waals surface area contributed by atoms with Crippen LogP contribution in [-0.2, 0) is 4.79 Å². The Morgan fingerprint density at radius 2 is 1.65 bits per heavy atom. The van der Waals surface area contributed by atoms with E-state index in [1.165, 1.54) is 4.88 Å². The smallest absolute Gasteiger partial charge is 0.224 e. The molecule has 4 aromatic rings. The quantitative estimate of drug-likeness (QED) is 0.256. The number of carbonyl (C=O) groups is 1. The van der Waals surface area contributed by atoms with E-state index < -0.39 is 0 Å². The summed E-state index contributed by atoms with van der Waals surface area (Å²) >= 11 is 7.89. The molecule has 3 aromatic carbocycles. The average molecular weight is 491 g/mol. The van der Waals surface area contributed by atoms with Gasteiger partial charge in [-0.2, -0.15) is 0 Å². The maximum atomic E-state index is 12.4. The molecule has 1 N–H and O–H groups in total. The second-order valence-corrected chi connectivity index (χ2v) is 9.82. The Bertz CT molecular complexity index is 1260. The molecule has 0 radical (unpaired) electrons. The monoisotopic (exact) mass is 490 g/mol. The van der Waals surface area contributed by atoms with Crippen molar-refractivity contribution >= 4 is 34.5 Å². The first-order valence-electron chi connectivity index (χ1n) is 11.2. The average Bonchev–Trinajstić information content (AvgIpc) is 3.23. The van der Waals surface area contributed by atoms with Crippen molar-refractivity contribution in [3.05, 3.63) is 87.8 Å². The molecule has 34 heavy (non-hydrogen) atoms. The summed E-state index contributed by atoms with van der Waals surface area (Å²) in [5, 5.41) is 4.73. The number of hydrogen-bond donors (Lipinski definition) is 1. The van der Waals surface area contributed by atoms with E-state index in [2.05, 4.69) is 24.4 Å². The second-order valence-electron chi connectivity index (χ2n) is 8.24. The molecule has 1 amide bonds. The molecule has 6 heteroatoms. The first-order valence-corrected chi connectivity index (χ1v) is 12.4. The molecule has 4 nitrogen and oxygen atoms in total. The van der Waals surface area contributed by atoms with Crippen molar-refractivity contribution in [2.45, 2.75) is 33.6 Å². The largest absolute Gasteiger partial charge is 0.494 e. The molecule has 4 rings (SSSR count). The molecule has 174 valence electrons. The molecule has 0 saturated carbocycles. The van der Waals surface area contributed by atoms with E-state index in [4.69, 9.17) is 21.3 Å². The fourth-order valence-electron chi connectivity index (χ4n) is 3.72. The summed E-state index contributed by atoms with van der Waals surface area (Å²) in [6, 6.07) is 21.9. The molecular weight excluding hydrogens is 464 g/mol. The zero-order chi connectivity index (χ0) is 24.1. The Hall–Kier alpha value is -3.15. The number of anilines is 1. The predicted octanol–water partition coefficient (Wildman–Crippen LogP) is 7.85. The van der Waals surface area contributed by atoms with Gasteiger partial charge in [0, 0.05) is 33.1 Å². The van der Waals surface area contributed by atoms with Crippen LogP contribution in [0.5, 0.6) is 5.75 Å². The molecule has 0 bridgehead atoms. The van der Waals surface area contributed by atoms with Gasteiger partial charge in [0.25, 0.3) is 0 Å². The van der Waals surface area contributed by atoms with Gasteiger partial charge in [-0.05, 0) is 62.6 Å². The minimum Gasteiger partial charge on any atom is -0.494 e. The van der Waals surface area contributed by atoms with E-state index in [-0.39, 0.29) is 5.91 Å². The number of carbonyl (C=O) groups excluding carboxylic acids is 1. The van der Waals surface area contributed by atoms with Gasteiger partial charge in [0.2, 0.25) is 5.91 Å². The fraction of sp³-hybridized carbons (Fsp3) is 0.214. The summed E-state index contributed by atoms with van der Waals surface area (Å²) in [7, 11) is 0. The second kappa shape index (κ2) is 10.9. The van der Waals surface area contributed by atoms with E-state index >= 15 is 0 Å². The number of nitrogens with one attached hydrogen (secondary N) is 1. The van der Waals surface area contributed by atoms with Gasteiger partial charge in [-0.3, -0.25) is 4.79 Å². The minimum atomic E-state index is -0.0315. The molecule has 1 aromatic heterocycles. The van der Waals surface area contributed by atoms with Crippen molar-refractivity contribution in [2.24, 2.45) is 0 Å². The molecule has 0 fully saturated rings. The van der Waals surface area contributed by atoms with Crippen LogP contribution in [-0.4, -0.2) is 17.5 Å². The molecule has 0 aliphatic heterocycles. The molecular formula is C28H27ClN2O2S. The fourth-order valence-corrected chi connectivity index (χ4v) is 4.77. The first-order chi connectivity index (χ1) is 16.4. The van der Waals surface area contributed by atoms with Crippen LogP contribution in [0, 0.1) is 20.8 Å². The van der Waals surface area contributed by atoms with Crippen LogP contribution in [0.4, 0.5) is 5.69 Å². The Labute approximate surface area is 209 Å². The zero-order valence-corrected chi connectivity index (χ0v) is 21.1. The highest BCUT2D eigenvalue weighted by Gasteiger charge is 2.12. The highest BCUT2D eigenvalue weighted by atomic mass is 35.5. The number of ether oxygens (including phenoxy) is 1. The standard InChI is InChI=1S/C28H27ClN2O2S/c1-18-16-24(17-19(2)26(18)29)33-15-7-10-25(32)30-23-13-11-21(12-14-23)27-20(3)34-28(31-27)22-8-5-4-6-9-22/h4-6,8-9,11-14,16-17H,7,10,15H2,1-3H3,(H,30,32). The highest BCUT2D eigenvalue weighted by Crippen LogP contribution is 2.33. The summed E-state index contributed by atoms with van der Waals surface area (Å²) in [5.74, 6) is 0.749. The van der Waals surface area contributed by atoms with E-state index in [1.54, 1.807) is 11.3 Å². The van der Waals surface area contributed by atoms with E-state index in [0.29, 0.717) is 19.4 Å². The molecule has 1 heterocycles. The lowest BCUT2D eigenvalue weighted by atomic mass is 10.1. The lowest BCUT2D eigenvalue weighted by Gasteiger charge is -2.10. The highest BCUT2D eigenvalue weighted by molar-refractivity contribution is 7.15.